The maximum atomic E-state index is 14.1. The Labute approximate surface area is 229 Å². The summed E-state index contributed by atoms with van der Waals surface area (Å²) in [5, 5.41) is 14.9. The molecule has 0 aliphatic carbocycles. The Hall–Kier alpha value is -5.56. The molecule has 0 fully saturated rings. The van der Waals surface area contributed by atoms with E-state index in [4.69, 9.17) is 10.2 Å². The Balaban J connectivity index is 1.46. The van der Waals surface area contributed by atoms with E-state index in [0.717, 1.165) is 0 Å². The van der Waals surface area contributed by atoms with Crippen LogP contribution in [0.15, 0.2) is 76.1 Å². The number of nitrogens with one attached hydrogen (secondary N) is 2. The number of nitrogens with zero attached hydrogens (tertiary/aromatic N) is 4. The molecule has 4 N–H and O–H groups in total. The van der Waals surface area contributed by atoms with E-state index in [2.05, 4.69) is 32.7 Å². The first-order valence-corrected chi connectivity index (χ1v) is 12.7. The number of carbonyl (C=O) groups is 1. The number of hydrogen-bond donors (Lipinski definition) is 3. The first-order valence-electron chi connectivity index (χ1n) is 12.7. The molecule has 1 atom stereocenters. The minimum Gasteiger partial charge on any atom is -0.458 e. The molecule has 2 aromatic carbocycles. The van der Waals surface area contributed by atoms with Crippen LogP contribution in [0.3, 0.4) is 0 Å². The van der Waals surface area contributed by atoms with E-state index < -0.39 is 11.9 Å². The molecule has 1 unspecified atom stereocenters. The molecule has 6 rings (SSSR count). The lowest BCUT2D eigenvalue weighted by Crippen LogP contribution is -2.29. The predicted octanol–water partition coefficient (Wildman–Crippen LogP) is 3.76. The average Bonchev–Trinajstić information content (AvgIpc) is 3.53. The molecule has 1 aliphatic rings. The van der Waals surface area contributed by atoms with Crippen molar-refractivity contribution in [3.63, 3.8) is 0 Å². The molecular formula is C30H25N7O3. The van der Waals surface area contributed by atoms with E-state index in [1.165, 1.54) is 4.68 Å². The first kappa shape index (κ1) is 24.8. The topological polar surface area (TPSA) is 133 Å². The van der Waals surface area contributed by atoms with Crippen molar-refractivity contribution in [3.8, 4) is 23.0 Å². The number of aryl methyl sites for hydroxylation is 1. The van der Waals surface area contributed by atoms with Gasteiger partial charge in [0.05, 0.1) is 17.0 Å². The van der Waals surface area contributed by atoms with Gasteiger partial charge in [-0.15, -0.1) is 5.10 Å². The second-order valence-electron chi connectivity index (χ2n) is 9.35. The van der Waals surface area contributed by atoms with Crippen molar-refractivity contribution < 1.29 is 9.21 Å². The van der Waals surface area contributed by atoms with Crippen LogP contribution in [0.2, 0.25) is 0 Å². The number of nitrogens with two attached hydrogens (primary N) is 1. The molecule has 5 aromatic rings. The maximum absolute atomic E-state index is 14.1. The summed E-state index contributed by atoms with van der Waals surface area (Å²) in [6.45, 7) is 2.31. The van der Waals surface area contributed by atoms with Crippen molar-refractivity contribution in [2.75, 3.05) is 17.6 Å². The van der Waals surface area contributed by atoms with E-state index in [0.29, 0.717) is 51.5 Å². The van der Waals surface area contributed by atoms with Gasteiger partial charge >= 0.3 is 0 Å². The number of aromatic nitrogens is 4. The fourth-order valence-corrected chi connectivity index (χ4v) is 4.75. The molecule has 1 amide bonds. The van der Waals surface area contributed by atoms with Crippen molar-refractivity contribution in [3.05, 3.63) is 99.7 Å². The summed E-state index contributed by atoms with van der Waals surface area (Å²) in [6, 6.07) is 15.6. The normalized spacial score (nSPS) is 12.8. The number of carbonyl (C=O) groups excluding carboxylic acids is 1. The third-order valence-corrected chi connectivity index (χ3v) is 6.59. The highest BCUT2D eigenvalue weighted by Crippen LogP contribution is 2.31. The minimum absolute atomic E-state index is 0.0955. The molecule has 1 aliphatic heterocycles. The number of amides is 1. The smallest absolute Gasteiger partial charge is 0.259 e. The van der Waals surface area contributed by atoms with Crippen molar-refractivity contribution in [2.45, 2.75) is 13.0 Å². The lowest BCUT2D eigenvalue weighted by Gasteiger charge is -2.18. The van der Waals surface area contributed by atoms with E-state index in [9.17, 15) is 9.59 Å². The third kappa shape index (κ3) is 4.39. The van der Waals surface area contributed by atoms with E-state index in [-0.39, 0.29) is 16.8 Å². The number of hydrogen-bond acceptors (Lipinski definition) is 7. The molecule has 3 aromatic heterocycles. The van der Waals surface area contributed by atoms with E-state index in [1.54, 1.807) is 48.3 Å². The van der Waals surface area contributed by atoms with Crippen LogP contribution in [0.25, 0.3) is 28.3 Å². The van der Waals surface area contributed by atoms with Crippen LogP contribution in [0.4, 0.5) is 11.6 Å². The Morgan fingerprint density at radius 2 is 1.95 bits per heavy atom. The zero-order valence-electron chi connectivity index (χ0n) is 21.8. The molecule has 0 spiro atoms. The van der Waals surface area contributed by atoms with Crippen LogP contribution in [0.1, 0.15) is 40.3 Å². The SMILES string of the molecule is CC(NC(=O)c1c(N)nn2c1NCC=C2)c1oc2cccc(C#Cc3ccn(C)n3)c2c(=O)c1-c1ccccc1. The summed E-state index contributed by atoms with van der Waals surface area (Å²) in [5.74, 6) is 6.58. The second kappa shape index (κ2) is 9.96. The van der Waals surface area contributed by atoms with Crippen LogP contribution in [-0.4, -0.2) is 32.0 Å². The number of benzene rings is 2. The highest BCUT2D eigenvalue weighted by Gasteiger charge is 2.27. The van der Waals surface area contributed by atoms with Gasteiger partial charge < -0.3 is 20.8 Å². The van der Waals surface area contributed by atoms with Crippen LogP contribution < -0.4 is 21.8 Å². The van der Waals surface area contributed by atoms with Gasteiger partial charge in [-0.1, -0.05) is 42.3 Å². The van der Waals surface area contributed by atoms with Crippen molar-refractivity contribution in [1.29, 1.82) is 0 Å². The summed E-state index contributed by atoms with van der Waals surface area (Å²) in [7, 11) is 1.81. The van der Waals surface area contributed by atoms with Crippen LogP contribution >= 0.6 is 0 Å². The molecule has 10 nitrogen and oxygen atoms in total. The van der Waals surface area contributed by atoms with Gasteiger partial charge in [0.15, 0.2) is 5.82 Å². The molecule has 10 heteroatoms. The Kier molecular flexibility index (Phi) is 6.16. The maximum Gasteiger partial charge on any atom is 0.259 e. The van der Waals surface area contributed by atoms with Gasteiger partial charge in [-0.2, -0.15) is 5.10 Å². The van der Waals surface area contributed by atoms with Crippen LogP contribution in [0, 0.1) is 11.8 Å². The van der Waals surface area contributed by atoms with Gasteiger partial charge in [-0.05, 0) is 42.7 Å². The minimum atomic E-state index is -0.683. The standard InChI is InChI=1S/C30H25N7O3/c1-18(33-30(39)25-28(31)35-37-16-7-15-32-29(25)37)27-24(19-8-4-3-5-9-19)26(38)23-20(10-6-11-22(23)40-27)12-13-21-14-17-36(2)34-21/h3-11,14,16-18,32H,15H2,1-2H3,(H2,31,35)(H,33,39). The Morgan fingerprint density at radius 1 is 1.12 bits per heavy atom. The van der Waals surface area contributed by atoms with Crippen molar-refractivity contribution >= 4 is 34.7 Å². The molecule has 40 heavy (non-hydrogen) atoms. The second-order valence-corrected chi connectivity index (χ2v) is 9.35. The largest absolute Gasteiger partial charge is 0.458 e. The van der Waals surface area contributed by atoms with Crippen molar-refractivity contribution in [1.82, 2.24) is 24.9 Å². The summed E-state index contributed by atoms with van der Waals surface area (Å²) in [5.41, 5.74) is 8.55. The summed E-state index contributed by atoms with van der Waals surface area (Å²) < 4.78 is 9.56. The first-order chi connectivity index (χ1) is 19.4. The van der Waals surface area contributed by atoms with E-state index in [1.807, 2.05) is 43.5 Å². The Bertz CT molecular complexity index is 1920. The van der Waals surface area contributed by atoms with Gasteiger partial charge in [-0.3, -0.25) is 14.3 Å². The zero-order valence-corrected chi connectivity index (χ0v) is 21.8. The molecular weight excluding hydrogens is 506 g/mol. The number of nitrogen functional groups attached to an aromatic ring is 1. The van der Waals surface area contributed by atoms with Gasteiger partial charge in [0.25, 0.3) is 5.91 Å². The van der Waals surface area contributed by atoms with Gasteiger partial charge in [0, 0.05) is 31.6 Å². The number of anilines is 2. The molecule has 0 radical (unpaired) electrons. The summed E-state index contributed by atoms with van der Waals surface area (Å²) in [4.78, 5) is 27.5. The van der Waals surface area contributed by atoms with Crippen molar-refractivity contribution in [2.24, 2.45) is 7.05 Å². The van der Waals surface area contributed by atoms with Gasteiger partial charge in [0.1, 0.15) is 28.4 Å². The highest BCUT2D eigenvalue weighted by atomic mass is 16.3. The number of fused-ring (bicyclic) bond motifs is 2. The molecule has 0 bridgehead atoms. The molecule has 0 saturated carbocycles. The summed E-state index contributed by atoms with van der Waals surface area (Å²) >= 11 is 0. The Morgan fingerprint density at radius 3 is 2.73 bits per heavy atom. The summed E-state index contributed by atoms with van der Waals surface area (Å²) in [6.07, 6.45) is 5.42. The monoisotopic (exact) mass is 531 g/mol. The molecule has 0 saturated heterocycles. The lowest BCUT2D eigenvalue weighted by molar-refractivity contribution is 0.0937. The van der Waals surface area contributed by atoms with E-state index >= 15 is 0 Å². The van der Waals surface area contributed by atoms with Crippen LogP contribution in [-0.2, 0) is 7.05 Å². The van der Waals surface area contributed by atoms with Gasteiger partial charge in [0.2, 0.25) is 5.43 Å². The predicted molar refractivity (Wildman–Crippen MR) is 153 cm³/mol. The fourth-order valence-electron chi connectivity index (χ4n) is 4.75. The molecule has 4 heterocycles. The van der Waals surface area contributed by atoms with Gasteiger partial charge in [-0.25, -0.2) is 4.68 Å². The fraction of sp³-hybridized carbons (Fsp3) is 0.133. The molecule has 198 valence electrons. The quantitative estimate of drug-likeness (QED) is 0.301. The third-order valence-electron chi connectivity index (χ3n) is 6.59. The van der Waals surface area contributed by atoms with Crippen LogP contribution in [0.5, 0.6) is 0 Å². The highest BCUT2D eigenvalue weighted by molar-refractivity contribution is 6.04. The number of rotatable bonds is 4. The average molecular weight is 532 g/mol. The lowest BCUT2D eigenvalue weighted by atomic mass is 9.97. The zero-order chi connectivity index (χ0) is 27.8.